The van der Waals surface area contributed by atoms with Crippen LogP contribution in [0.3, 0.4) is 0 Å². The lowest BCUT2D eigenvalue weighted by Crippen LogP contribution is -2.40. The van der Waals surface area contributed by atoms with Crippen LogP contribution in [0.25, 0.3) is 0 Å². The van der Waals surface area contributed by atoms with Crippen molar-refractivity contribution in [2.75, 3.05) is 6.54 Å². The molecule has 2 aromatic carbocycles. The summed E-state index contributed by atoms with van der Waals surface area (Å²) in [6, 6.07) is 10.7. The molecule has 2 nitrogen and oxygen atoms in total. The lowest BCUT2D eigenvalue weighted by Gasteiger charge is -2.35. The molecule has 160 valence electrons. The van der Waals surface area contributed by atoms with Gasteiger partial charge in [0.2, 0.25) is 0 Å². The van der Waals surface area contributed by atoms with Crippen molar-refractivity contribution in [1.82, 2.24) is 5.32 Å². The van der Waals surface area contributed by atoms with Gasteiger partial charge in [0.25, 0.3) is 0 Å². The molecule has 0 saturated carbocycles. The topological polar surface area (TPSA) is 21.3 Å². The summed E-state index contributed by atoms with van der Waals surface area (Å²) in [5.41, 5.74) is 3.94. The van der Waals surface area contributed by atoms with Gasteiger partial charge in [-0.05, 0) is 78.5 Å². The zero-order valence-corrected chi connectivity index (χ0v) is 19.8. The van der Waals surface area contributed by atoms with Gasteiger partial charge in [0.1, 0.15) is 11.6 Å². The summed E-state index contributed by atoms with van der Waals surface area (Å²) in [7, 11) is -1.86. The van der Waals surface area contributed by atoms with Gasteiger partial charge >= 0.3 is 0 Å². The number of halogens is 3. The van der Waals surface area contributed by atoms with Crippen molar-refractivity contribution in [2.45, 2.75) is 65.4 Å². The van der Waals surface area contributed by atoms with E-state index in [-0.39, 0.29) is 6.10 Å². The molecule has 0 saturated heterocycles. The monoisotopic (exact) mass is 439 g/mol. The standard InChI is InChI=1S/C23H32ClF2NOSi/c1-6-29(7-2,8-3)28-22(23-16(4)9-19(24)10-17(23)5)15-27-14-18-11-20(25)13-21(26)12-18/h9-13,22,27H,6-8,14-15H2,1-5H3. The fourth-order valence-electron chi connectivity index (χ4n) is 3.99. The van der Waals surface area contributed by atoms with Crippen LogP contribution in [0, 0.1) is 25.5 Å². The number of hydrogen-bond acceptors (Lipinski definition) is 2. The summed E-state index contributed by atoms with van der Waals surface area (Å²) in [5.74, 6) is -1.12. The van der Waals surface area contributed by atoms with Gasteiger partial charge in [0.15, 0.2) is 8.32 Å². The first-order valence-electron chi connectivity index (χ1n) is 10.3. The van der Waals surface area contributed by atoms with E-state index in [9.17, 15) is 8.78 Å². The molecule has 0 aliphatic rings. The van der Waals surface area contributed by atoms with E-state index < -0.39 is 20.0 Å². The second kappa shape index (κ2) is 10.7. The minimum Gasteiger partial charge on any atom is -0.409 e. The van der Waals surface area contributed by atoms with Crippen molar-refractivity contribution >= 4 is 19.9 Å². The Kier molecular flexibility index (Phi) is 8.83. The number of benzene rings is 2. The Bertz CT molecular complexity index is 775. The molecule has 0 aliphatic heterocycles. The summed E-state index contributed by atoms with van der Waals surface area (Å²) in [4.78, 5) is 0. The Morgan fingerprint density at radius 1 is 0.931 bits per heavy atom. The van der Waals surface area contributed by atoms with Crippen LogP contribution in [0.2, 0.25) is 23.2 Å². The van der Waals surface area contributed by atoms with Crippen LogP contribution in [-0.2, 0) is 11.0 Å². The SMILES string of the molecule is CC[Si](CC)(CC)OC(CNCc1cc(F)cc(F)c1)c1c(C)cc(Cl)cc1C. The van der Waals surface area contributed by atoms with Crippen LogP contribution < -0.4 is 5.32 Å². The van der Waals surface area contributed by atoms with Gasteiger partial charge in [-0.15, -0.1) is 0 Å². The van der Waals surface area contributed by atoms with E-state index in [1.165, 1.54) is 12.1 Å². The quantitative estimate of drug-likeness (QED) is 0.399. The maximum absolute atomic E-state index is 13.5. The highest BCUT2D eigenvalue weighted by molar-refractivity contribution is 6.73. The van der Waals surface area contributed by atoms with Gasteiger partial charge in [-0.1, -0.05) is 32.4 Å². The third kappa shape index (κ3) is 6.35. The van der Waals surface area contributed by atoms with Crippen LogP contribution in [0.4, 0.5) is 8.78 Å². The summed E-state index contributed by atoms with van der Waals surface area (Å²) < 4.78 is 33.8. The van der Waals surface area contributed by atoms with Gasteiger partial charge < -0.3 is 9.74 Å². The van der Waals surface area contributed by atoms with Crippen LogP contribution in [0.1, 0.15) is 49.1 Å². The highest BCUT2D eigenvalue weighted by Gasteiger charge is 2.33. The van der Waals surface area contributed by atoms with Crippen LogP contribution in [0.15, 0.2) is 30.3 Å². The van der Waals surface area contributed by atoms with E-state index in [1.54, 1.807) is 0 Å². The van der Waals surface area contributed by atoms with E-state index in [2.05, 4.69) is 39.9 Å². The van der Waals surface area contributed by atoms with Crippen LogP contribution >= 0.6 is 11.6 Å². The molecule has 1 unspecified atom stereocenters. The second-order valence-electron chi connectivity index (χ2n) is 7.71. The van der Waals surface area contributed by atoms with Crippen molar-refractivity contribution in [3.63, 3.8) is 0 Å². The molecular formula is C23H32ClF2NOSi. The lowest BCUT2D eigenvalue weighted by molar-refractivity contribution is 0.184. The number of hydrogen-bond donors (Lipinski definition) is 1. The molecule has 0 aliphatic carbocycles. The van der Waals surface area contributed by atoms with Gasteiger partial charge in [-0.2, -0.15) is 0 Å². The molecule has 29 heavy (non-hydrogen) atoms. The van der Waals surface area contributed by atoms with Crippen molar-refractivity contribution < 1.29 is 13.2 Å². The first kappa shape index (κ1) is 24.0. The zero-order chi connectivity index (χ0) is 21.6. The number of rotatable bonds is 10. The smallest absolute Gasteiger partial charge is 0.192 e. The third-order valence-electron chi connectivity index (χ3n) is 5.79. The fourth-order valence-corrected chi connectivity index (χ4v) is 7.13. The molecule has 2 aromatic rings. The molecule has 0 spiro atoms. The van der Waals surface area contributed by atoms with Gasteiger partial charge in [0.05, 0.1) is 6.10 Å². The van der Waals surface area contributed by atoms with E-state index in [0.717, 1.165) is 45.9 Å². The molecule has 1 atom stereocenters. The molecule has 0 aromatic heterocycles. The molecule has 1 N–H and O–H groups in total. The summed E-state index contributed by atoms with van der Waals surface area (Å²) in [6.45, 7) is 11.7. The second-order valence-corrected chi connectivity index (χ2v) is 12.9. The normalized spacial score (nSPS) is 13.0. The fraction of sp³-hybridized carbons (Fsp3) is 0.478. The maximum atomic E-state index is 13.5. The third-order valence-corrected chi connectivity index (χ3v) is 10.7. The van der Waals surface area contributed by atoms with Crippen molar-refractivity contribution in [3.05, 3.63) is 69.2 Å². The molecular weight excluding hydrogens is 408 g/mol. The summed E-state index contributed by atoms with van der Waals surface area (Å²) in [5, 5.41) is 4.07. The predicted molar refractivity (Wildman–Crippen MR) is 120 cm³/mol. The Morgan fingerprint density at radius 2 is 1.45 bits per heavy atom. The summed E-state index contributed by atoms with van der Waals surface area (Å²) in [6.07, 6.45) is -0.128. The minimum absolute atomic E-state index is 0.128. The Morgan fingerprint density at radius 3 is 1.93 bits per heavy atom. The van der Waals surface area contributed by atoms with E-state index in [4.69, 9.17) is 16.0 Å². The Balaban J connectivity index is 2.27. The van der Waals surface area contributed by atoms with Crippen molar-refractivity contribution in [2.24, 2.45) is 0 Å². The molecule has 0 bridgehead atoms. The van der Waals surface area contributed by atoms with Crippen molar-refractivity contribution in [3.8, 4) is 0 Å². The zero-order valence-electron chi connectivity index (χ0n) is 18.0. The molecule has 6 heteroatoms. The molecule has 0 heterocycles. The average molecular weight is 440 g/mol. The molecule has 0 radical (unpaired) electrons. The molecule has 2 rings (SSSR count). The Labute approximate surface area is 179 Å². The lowest BCUT2D eigenvalue weighted by atomic mass is 9.98. The van der Waals surface area contributed by atoms with E-state index >= 15 is 0 Å². The first-order valence-corrected chi connectivity index (χ1v) is 13.2. The van der Waals surface area contributed by atoms with Gasteiger partial charge in [0, 0.05) is 24.2 Å². The van der Waals surface area contributed by atoms with E-state index in [1.807, 2.05) is 12.1 Å². The minimum atomic E-state index is -1.86. The predicted octanol–water partition coefficient (Wildman–Crippen LogP) is 7.09. The van der Waals surface area contributed by atoms with E-state index in [0.29, 0.717) is 18.7 Å². The number of nitrogens with one attached hydrogen (secondary N) is 1. The first-order chi connectivity index (χ1) is 13.7. The van der Waals surface area contributed by atoms with Crippen LogP contribution in [-0.4, -0.2) is 14.9 Å². The highest BCUT2D eigenvalue weighted by Crippen LogP contribution is 2.34. The van der Waals surface area contributed by atoms with Gasteiger partial charge in [-0.25, -0.2) is 8.78 Å². The maximum Gasteiger partial charge on any atom is 0.192 e. The largest absolute Gasteiger partial charge is 0.409 e. The highest BCUT2D eigenvalue weighted by atomic mass is 35.5. The van der Waals surface area contributed by atoms with Gasteiger partial charge in [-0.3, -0.25) is 0 Å². The Hall–Kier alpha value is -1.27. The molecule has 0 fully saturated rings. The van der Waals surface area contributed by atoms with Crippen molar-refractivity contribution in [1.29, 1.82) is 0 Å². The van der Waals surface area contributed by atoms with Crippen LogP contribution in [0.5, 0.6) is 0 Å². The average Bonchev–Trinajstić information content (AvgIpc) is 2.64. The number of aryl methyl sites for hydroxylation is 2. The molecule has 0 amide bonds. The summed E-state index contributed by atoms with van der Waals surface area (Å²) >= 11 is 6.24.